The van der Waals surface area contributed by atoms with Crippen molar-refractivity contribution in [1.82, 2.24) is 0 Å². The lowest BCUT2D eigenvalue weighted by molar-refractivity contribution is -0.345. The van der Waals surface area contributed by atoms with E-state index in [-0.39, 0.29) is 32.3 Å². The standard InChI is InChI=1S/C25H27F3N2O5/c26-25(27,28)35-21-9-4-17(5-10-21)24(32)34-20-7-1-16(2-8-20)3-12-23(31)33-14-13-18-15-19(29)6-11-22(18)30/h1-3,6-8,11-12,15,17,21H,4-5,9-10,13-14,29-30H2/b12-3+. The highest BCUT2D eigenvalue weighted by Gasteiger charge is 2.36. The van der Waals surface area contributed by atoms with E-state index < -0.39 is 30.3 Å². The number of nitrogen functional groups attached to an aromatic ring is 2. The van der Waals surface area contributed by atoms with Gasteiger partial charge in [0.2, 0.25) is 0 Å². The minimum atomic E-state index is -4.67. The van der Waals surface area contributed by atoms with Crippen LogP contribution >= 0.6 is 0 Å². The molecule has 0 amide bonds. The molecule has 0 unspecified atom stereocenters. The molecule has 188 valence electrons. The maximum Gasteiger partial charge on any atom is 0.522 e. The van der Waals surface area contributed by atoms with Crippen molar-refractivity contribution in [2.45, 2.75) is 44.6 Å². The highest BCUT2D eigenvalue weighted by atomic mass is 19.4. The molecule has 7 nitrogen and oxygen atoms in total. The zero-order valence-corrected chi connectivity index (χ0v) is 18.9. The van der Waals surface area contributed by atoms with Crippen LogP contribution in [0, 0.1) is 5.92 Å². The summed E-state index contributed by atoms with van der Waals surface area (Å²) in [4.78, 5) is 24.3. The normalized spacial score (nSPS) is 18.4. The molecule has 3 rings (SSSR count). The Hall–Kier alpha value is -3.53. The minimum Gasteiger partial charge on any atom is -0.462 e. The van der Waals surface area contributed by atoms with E-state index in [4.69, 9.17) is 20.9 Å². The van der Waals surface area contributed by atoms with Gasteiger partial charge >= 0.3 is 18.3 Å². The second-order valence-electron chi connectivity index (χ2n) is 8.24. The van der Waals surface area contributed by atoms with Crippen LogP contribution in [-0.4, -0.2) is 31.0 Å². The molecular formula is C25H27F3N2O5. The third-order valence-corrected chi connectivity index (χ3v) is 5.60. The number of hydrogen-bond donors (Lipinski definition) is 2. The molecule has 1 aliphatic rings. The van der Waals surface area contributed by atoms with Gasteiger partial charge in [-0.25, -0.2) is 4.79 Å². The van der Waals surface area contributed by atoms with Crippen molar-refractivity contribution in [3.05, 3.63) is 59.7 Å². The Labute approximate surface area is 200 Å². The van der Waals surface area contributed by atoms with Crippen LogP contribution in [0.5, 0.6) is 5.75 Å². The van der Waals surface area contributed by atoms with E-state index in [1.807, 2.05) is 0 Å². The zero-order valence-electron chi connectivity index (χ0n) is 18.9. The molecule has 0 atom stereocenters. The van der Waals surface area contributed by atoms with Crippen LogP contribution in [0.25, 0.3) is 6.08 Å². The molecule has 10 heteroatoms. The van der Waals surface area contributed by atoms with E-state index in [9.17, 15) is 22.8 Å². The van der Waals surface area contributed by atoms with Crippen LogP contribution in [0.4, 0.5) is 24.5 Å². The zero-order chi connectivity index (χ0) is 25.4. The van der Waals surface area contributed by atoms with E-state index in [0.29, 0.717) is 29.1 Å². The van der Waals surface area contributed by atoms with Crippen molar-refractivity contribution >= 4 is 29.4 Å². The third-order valence-electron chi connectivity index (χ3n) is 5.60. The first-order valence-electron chi connectivity index (χ1n) is 11.1. The Morgan fingerprint density at radius 1 is 1.00 bits per heavy atom. The van der Waals surface area contributed by atoms with E-state index in [2.05, 4.69) is 4.74 Å². The topological polar surface area (TPSA) is 114 Å². The summed E-state index contributed by atoms with van der Waals surface area (Å²) < 4.78 is 51.5. The molecule has 0 aliphatic heterocycles. The lowest BCUT2D eigenvalue weighted by Crippen LogP contribution is -2.32. The first-order valence-corrected chi connectivity index (χ1v) is 11.1. The van der Waals surface area contributed by atoms with Crippen LogP contribution in [0.15, 0.2) is 48.5 Å². The molecule has 2 aromatic carbocycles. The highest BCUT2D eigenvalue weighted by Crippen LogP contribution is 2.31. The van der Waals surface area contributed by atoms with Crippen LogP contribution in [0.2, 0.25) is 0 Å². The van der Waals surface area contributed by atoms with Gasteiger partial charge in [-0.1, -0.05) is 12.1 Å². The molecule has 0 radical (unpaired) electrons. The molecule has 0 saturated heterocycles. The molecule has 0 bridgehead atoms. The summed E-state index contributed by atoms with van der Waals surface area (Å²) in [6.45, 7) is 0.149. The number of benzene rings is 2. The van der Waals surface area contributed by atoms with Crippen LogP contribution in [0.1, 0.15) is 36.8 Å². The van der Waals surface area contributed by atoms with Gasteiger partial charge in [-0.05, 0) is 73.2 Å². The molecule has 0 aromatic heterocycles. The van der Waals surface area contributed by atoms with Crippen LogP contribution < -0.4 is 16.2 Å². The molecule has 2 aromatic rings. The number of carbonyl (C=O) groups is 2. The summed E-state index contributed by atoms with van der Waals surface area (Å²) in [5.74, 6) is -1.17. The van der Waals surface area contributed by atoms with E-state index in [1.165, 1.54) is 6.08 Å². The van der Waals surface area contributed by atoms with Gasteiger partial charge in [-0.3, -0.25) is 9.53 Å². The van der Waals surface area contributed by atoms with Gasteiger partial charge in [0.15, 0.2) is 0 Å². The van der Waals surface area contributed by atoms with Crippen molar-refractivity contribution in [2.75, 3.05) is 18.1 Å². The fourth-order valence-corrected chi connectivity index (χ4v) is 3.77. The lowest BCUT2D eigenvalue weighted by atomic mass is 9.87. The number of carbonyl (C=O) groups excluding carboxylic acids is 2. The Kier molecular flexibility index (Phi) is 8.75. The van der Waals surface area contributed by atoms with Gasteiger partial charge in [-0.15, -0.1) is 13.2 Å². The molecule has 35 heavy (non-hydrogen) atoms. The average Bonchev–Trinajstić information content (AvgIpc) is 2.80. The molecule has 4 N–H and O–H groups in total. The minimum absolute atomic E-state index is 0.145. The van der Waals surface area contributed by atoms with E-state index in [1.54, 1.807) is 48.5 Å². The number of anilines is 2. The Balaban J connectivity index is 1.41. The van der Waals surface area contributed by atoms with Crippen molar-refractivity contribution in [3.63, 3.8) is 0 Å². The SMILES string of the molecule is Nc1ccc(N)c(CCOC(=O)/C=C/c2ccc(OC(=O)C3CCC(OC(F)(F)F)CC3)cc2)c1. The van der Waals surface area contributed by atoms with Gasteiger partial charge < -0.3 is 20.9 Å². The Bertz CT molecular complexity index is 1050. The maximum absolute atomic E-state index is 12.3. The molecule has 1 aliphatic carbocycles. The largest absolute Gasteiger partial charge is 0.522 e. The number of rotatable bonds is 8. The van der Waals surface area contributed by atoms with Crippen molar-refractivity contribution in [2.24, 2.45) is 5.92 Å². The number of esters is 2. The van der Waals surface area contributed by atoms with Crippen LogP contribution in [0.3, 0.4) is 0 Å². The Morgan fingerprint density at radius 3 is 2.34 bits per heavy atom. The smallest absolute Gasteiger partial charge is 0.462 e. The number of alkyl halides is 3. The van der Waals surface area contributed by atoms with Gasteiger partial charge in [0.1, 0.15) is 5.75 Å². The quantitative estimate of drug-likeness (QED) is 0.239. The van der Waals surface area contributed by atoms with Crippen LogP contribution in [-0.2, 0) is 25.5 Å². The van der Waals surface area contributed by atoms with Crippen molar-refractivity contribution in [3.8, 4) is 5.75 Å². The molecule has 1 fully saturated rings. The summed E-state index contributed by atoms with van der Waals surface area (Å²) in [6.07, 6.45) is -1.48. The predicted octanol–water partition coefficient (Wildman–Crippen LogP) is 4.65. The number of ether oxygens (including phenoxy) is 3. The second-order valence-corrected chi connectivity index (χ2v) is 8.24. The van der Waals surface area contributed by atoms with Crippen molar-refractivity contribution < 1.29 is 37.0 Å². The van der Waals surface area contributed by atoms with Gasteiger partial charge in [0, 0.05) is 23.9 Å². The van der Waals surface area contributed by atoms with Gasteiger partial charge in [0.05, 0.1) is 18.6 Å². The molecule has 1 saturated carbocycles. The third kappa shape index (κ3) is 8.64. The fourth-order valence-electron chi connectivity index (χ4n) is 3.77. The number of nitrogens with two attached hydrogens (primary N) is 2. The summed E-state index contributed by atoms with van der Waals surface area (Å²) in [5, 5.41) is 0. The predicted molar refractivity (Wildman–Crippen MR) is 124 cm³/mol. The van der Waals surface area contributed by atoms with Gasteiger partial charge in [-0.2, -0.15) is 0 Å². The second kappa shape index (κ2) is 11.7. The maximum atomic E-state index is 12.3. The monoisotopic (exact) mass is 492 g/mol. The van der Waals surface area contributed by atoms with E-state index in [0.717, 1.165) is 5.56 Å². The van der Waals surface area contributed by atoms with Crippen molar-refractivity contribution in [1.29, 1.82) is 0 Å². The molecular weight excluding hydrogens is 465 g/mol. The first kappa shape index (κ1) is 26.1. The van der Waals surface area contributed by atoms with Gasteiger partial charge in [0.25, 0.3) is 0 Å². The molecule has 0 spiro atoms. The lowest BCUT2D eigenvalue weighted by Gasteiger charge is -2.27. The number of hydrogen-bond acceptors (Lipinski definition) is 7. The summed E-state index contributed by atoms with van der Waals surface area (Å²) in [6, 6.07) is 11.6. The summed E-state index contributed by atoms with van der Waals surface area (Å²) >= 11 is 0. The Morgan fingerprint density at radius 2 is 1.69 bits per heavy atom. The first-order chi connectivity index (χ1) is 16.6. The highest BCUT2D eigenvalue weighted by molar-refractivity contribution is 5.87. The number of halogens is 3. The molecule has 0 heterocycles. The fraction of sp³-hybridized carbons (Fsp3) is 0.360. The summed E-state index contributed by atoms with van der Waals surface area (Å²) in [7, 11) is 0. The van der Waals surface area contributed by atoms with E-state index >= 15 is 0 Å². The summed E-state index contributed by atoms with van der Waals surface area (Å²) in [5.41, 5.74) is 14.2. The average molecular weight is 492 g/mol.